The van der Waals surface area contributed by atoms with Crippen molar-refractivity contribution in [3.63, 3.8) is 0 Å². The van der Waals surface area contributed by atoms with Crippen LogP contribution in [0.2, 0.25) is 5.02 Å². The number of anilines is 2. The molecule has 0 radical (unpaired) electrons. The predicted octanol–water partition coefficient (Wildman–Crippen LogP) is 5.61. The predicted molar refractivity (Wildman–Crippen MR) is 135 cm³/mol. The number of benzene rings is 3. The third-order valence-electron chi connectivity index (χ3n) is 6.31. The average Bonchev–Trinajstić information content (AvgIpc) is 2.81. The number of hydrogen-bond acceptors (Lipinski definition) is 4. The first-order valence-corrected chi connectivity index (χ1v) is 13.0. The Balaban J connectivity index is 1.50. The minimum Gasteiger partial charge on any atom is -0.478 e. The number of carbonyl (C=O) groups is 1. The van der Waals surface area contributed by atoms with Crippen LogP contribution in [0.3, 0.4) is 0 Å². The van der Waals surface area contributed by atoms with E-state index in [2.05, 4.69) is 21.8 Å². The molecule has 0 bridgehead atoms. The first-order chi connectivity index (χ1) is 16.2. The van der Waals surface area contributed by atoms with Gasteiger partial charge in [0.2, 0.25) is 0 Å². The number of rotatable bonds is 7. The van der Waals surface area contributed by atoms with Crippen LogP contribution in [0, 0.1) is 12.8 Å². The molecule has 8 heteroatoms. The number of sulfonamides is 1. The van der Waals surface area contributed by atoms with E-state index in [0.29, 0.717) is 22.2 Å². The van der Waals surface area contributed by atoms with Gasteiger partial charge in [-0.2, -0.15) is 0 Å². The summed E-state index contributed by atoms with van der Waals surface area (Å²) in [5.41, 5.74) is 2.63. The first-order valence-electron chi connectivity index (χ1n) is 11.2. The van der Waals surface area contributed by atoms with Gasteiger partial charge in [0.05, 0.1) is 16.1 Å². The Hall–Kier alpha value is -3.03. The van der Waals surface area contributed by atoms with E-state index in [1.165, 1.54) is 17.7 Å². The van der Waals surface area contributed by atoms with Gasteiger partial charge in [-0.15, -0.1) is 0 Å². The van der Waals surface area contributed by atoms with Gasteiger partial charge in [0, 0.05) is 23.8 Å². The SMILES string of the molecule is Cc1c(Cl)cccc1S(=O)(=O)Nc1ccc(N2CCC(Cc3ccccc3)CC2)c(C(=O)O)c1. The van der Waals surface area contributed by atoms with Crippen molar-refractivity contribution >= 4 is 39.0 Å². The fourth-order valence-corrected chi connectivity index (χ4v) is 6.01. The van der Waals surface area contributed by atoms with Crippen LogP contribution in [-0.2, 0) is 16.4 Å². The number of carboxylic acids is 1. The fraction of sp³-hybridized carbons (Fsp3) is 0.269. The molecule has 0 amide bonds. The van der Waals surface area contributed by atoms with Crippen LogP contribution in [0.4, 0.5) is 11.4 Å². The zero-order valence-corrected chi connectivity index (χ0v) is 20.4. The summed E-state index contributed by atoms with van der Waals surface area (Å²) in [6.07, 6.45) is 2.96. The highest BCUT2D eigenvalue weighted by Crippen LogP contribution is 2.31. The second-order valence-corrected chi connectivity index (χ2v) is 10.7. The average molecular weight is 499 g/mol. The second-order valence-electron chi connectivity index (χ2n) is 8.63. The summed E-state index contributed by atoms with van der Waals surface area (Å²) in [6.45, 7) is 3.14. The lowest BCUT2D eigenvalue weighted by molar-refractivity contribution is 0.0697. The zero-order chi connectivity index (χ0) is 24.3. The van der Waals surface area contributed by atoms with E-state index in [1.807, 2.05) is 18.2 Å². The minimum absolute atomic E-state index is 0.0569. The molecule has 3 aromatic rings. The molecule has 34 heavy (non-hydrogen) atoms. The van der Waals surface area contributed by atoms with E-state index >= 15 is 0 Å². The van der Waals surface area contributed by atoms with Crippen LogP contribution in [0.25, 0.3) is 0 Å². The van der Waals surface area contributed by atoms with Crippen LogP contribution in [0.1, 0.15) is 34.3 Å². The second kappa shape index (κ2) is 10.1. The minimum atomic E-state index is -3.92. The molecule has 178 valence electrons. The Morgan fingerprint density at radius 3 is 2.44 bits per heavy atom. The summed E-state index contributed by atoms with van der Waals surface area (Å²) in [5.74, 6) is -0.541. The molecule has 3 aromatic carbocycles. The highest BCUT2D eigenvalue weighted by Gasteiger charge is 2.25. The van der Waals surface area contributed by atoms with E-state index < -0.39 is 16.0 Å². The number of nitrogens with one attached hydrogen (secondary N) is 1. The van der Waals surface area contributed by atoms with E-state index in [4.69, 9.17) is 11.6 Å². The van der Waals surface area contributed by atoms with Crippen molar-refractivity contribution in [1.82, 2.24) is 0 Å². The van der Waals surface area contributed by atoms with Crippen LogP contribution in [0.15, 0.2) is 71.6 Å². The zero-order valence-electron chi connectivity index (χ0n) is 18.9. The largest absolute Gasteiger partial charge is 0.478 e. The molecule has 0 spiro atoms. The summed E-state index contributed by atoms with van der Waals surface area (Å²) >= 11 is 6.08. The molecule has 0 aromatic heterocycles. The van der Waals surface area contributed by atoms with Crippen molar-refractivity contribution in [3.05, 3.63) is 88.4 Å². The lowest BCUT2D eigenvalue weighted by Gasteiger charge is -2.34. The number of nitrogens with zero attached hydrogens (tertiary/aromatic N) is 1. The highest BCUT2D eigenvalue weighted by molar-refractivity contribution is 7.92. The maximum Gasteiger partial charge on any atom is 0.337 e. The summed E-state index contributed by atoms with van der Waals surface area (Å²) in [4.78, 5) is 14.2. The third-order valence-corrected chi connectivity index (χ3v) is 8.24. The monoisotopic (exact) mass is 498 g/mol. The summed E-state index contributed by atoms with van der Waals surface area (Å²) in [7, 11) is -3.92. The van der Waals surface area contributed by atoms with Crippen molar-refractivity contribution < 1.29 is 18.3 Å². The Morgan fingerprint density at radius 1 is 1.06 bits per heavy atom. The standard InChI is InChI=1S/C26H27ClN2O4S/c1-18-23(27)8-5-9-25(18)34(32,33)28-21-10-11-24(22(17-21)26(30)31)29-14-12-20(13-15-29)16-19-6-3-2-4-7-19/h2-11,17,20,28H,12-16H2,1H3,(H,30,31). The van der Waals surface area contributed by atoms with E-state index in [9.17, 15) is 18.3 Å². The molecule has 4 rings (SSSR count). The molecule has 0 saturated carbocycles. The number of carboxylic acid groups (broad SMARTS) is 1. The van der Waals surface area contributed by atoms with E-state index in [0.717, 1.165) is 32.4 Å². The topological polar surface area (TPSA) is 86.7 Å². The van der Waals surface area contributed by atoms with Gasteiger partial charge in [0.25, 0.3) is 10.0 Å². The van der Waals surface area contributed by atoms with Crippen LogP contribution in [-0.4, -0.2) is 32.6 Å². The number of hydrogen-bond donors (Lipinski definition) is 2. The van der Waals surface area contributed by atoms with Crippen molar-refractivity contribution in [3.8, 4) is 0 Å². The summed E-state index contributed by atoms with van der Waals surface area (Å²) in [5, 5.41) is 10.2. The maximum absolute atomic E-state index is 12.9. The Kier molecular flexibility index (Phi) is 7.14. The molecular formula is C26H27ClN2O4S. The highest BCUT2D eigenvalue weighted by atomic mass is 35.5. The molecule has 1 heterocycles. The van der Waals surface area contributed by atoms with E-state index in [-0.39, 0.29) is 16.1 Å². The molecular weight excluding hydrogens is 472 g/mol. The molecule has 1 aliphatic heterocycles. The molecule has 1 fully saturated rings. The maximum atomic E-state index is 12.9. The molecule has 2 N–H and O–H groups in total. The summed E-state index contributed by atoms with van der Waals surface area (Å²) < 4.78 is 28.3. The van der Waals surface area contributed by atoms with Crippen molar-refractivity contribution in [2.24, 2.45) is 5.92 Å². The quantitative estimate of drug-likeness (QED) is 0.442. The Bertz CT molecular complexity index is 1290. The van der Waals surface area contributed by atoms with Crippen molar-refractivity contribution in [2.75, 3.05) is 22.7 Å². The van der Waals surface area contributed by atoms with Gasteiger partial charge in [-0.3, -0.25) is 4.72 Å². The van der Waals surface area contributed by atoms with Crippen LogP contribution >= 0.6 is 11.6 Å². The Morgan fingerprint density at radius 2 is 1.76 bits per heavy atom. The summed E-state index contributed by atoms with van der Waals surface area (Å²) in [6, 6.07) is 19.7. The smallest absolute Gasteiger partial charge is 0.337 e. The van der Waals surface area contributed by atoms with Crippen molar-refractivity contribution in [1.29, 1.82) is 0 Å². The molecule has 0 atom stereocenters. The molecule has 1 saturated heterocycles. The number of halogens is 1. The van der Waals surface area contributed by atoms with E-state index in [1.54, 1.807) is 31.2 Å². The lowest BCUT2D eigenvalue weighted by Crippen LogP contribution is -2.35. The van der Waals surface area contributed by atoms with Gasteiger partial charge in [-0.25, -0.2) is 13.2 Å². The number of aromatic carboxylic acids is 1. The molecule has 1 aliphatic rings. The lowest BCUT2D eigenvalue weighted by atomic mass is 9.90. The van der Waals surface area contributed by atoms with Crippen LogP contribution < -0.4 is 9.62 Å². The van der Waals surface area contributed by atoms with Gasteiger partial charge in [-0.05, 0) is 73.6 Å². The van der Waals surface area contributed by atoms with Gasteiger partial charge >= 0.3 is 5.97 Å². The third kappa shape index (κ3) is 5.37. The molecule has 0 unspecified atom stereocenters. The first kappa shape index (κ1) is 24.1. The van der Waals surface area contributed by atoms with Gasteiger partial charge in [0.1, 0.15) is 0 Å². The number of piperidine rings is 1. The fourth-order valence-electron chi connectivity index (χ4n) is 4.46. The van der Waals surface area contributed by atoms with Crippen LogP contribution in [0.5, 0.6) is 0 Å². The van der Waals surface area contributed by atoms with Gasteiger partial charge < -0.3 is 10.0 Å². The molecule has 0 aliphatic carbocycles. The molecule has 6 nitrogen and oxygen atoms in total. The van der Waals surface area contributed by atoms with Gasteiger partial charge in [0.15, 0.2) is 0 Å². The normalized spacial score (nSPS) is 14.7. The van der Waals surface area contributed by atoms with Crippen molar-refractivity contribution in [2.45, 2.75) is 31.1 Å². The van der Waals surface area contributed by atoms with Gasteiger partial charge in [-0.1, -0.05) is 48.0 Å². The Labute approximate surface area is 205 Å².